The monoisotopic (exact) mass is 337 g/mol. The van der Waals surface area contributed by atoms with Crippen molar-refractivity contribution in [2.45, 2.75) is 31.7 Å². The zero-order chi connectivity index (χ0) is 17.0. The molecule has 4 nitrogen and oxygen atoms in total. The summed E-state index contributed by atoms with van der Waals surface area (Å²) in [7, 11) is -3.71. The molecule has 0 aliphatic rings. The van der Waals surface area contributed by atoms with Crippen molar-refractivity contribution in [2.75, 3.05) is 6.61 Å². The molecule has 6 heteroatoms. The Morgan fingerprint density at radius 1 is 1.13 bits per heavy atom. The standard InChI is InChI=1S/C17H20FNO3S/c1-12-4-6-15(7-5-12)22-11-14(3)19-23(20,21)16-8-9-17(18)13(2)10-16/h4-10,14,19H,11H2,1-3H3. The Morgan fingerprint density at radius 3 is 2.39 bits per heavy atom. The topological polar surface area (TPSA) is 55.4 Å². The van der Waals surface area contributed by atoms with Crippen molar-refractivity contribution in [3.8, 4) is 5.75 Å². The predicted molar refractivity (Wildman–Crippen MR) is 87.6 cm³/mol. The van der Waals surface area contributed by atoms with Crippen molar-refractivity contribution < 1.29 is 17.5 Å². The maximum absolute atomic E-state index is 13.3. The van der Waals surface area contributed by atoms with Crippen molar-refractivity contribution >= 4 is 10.0 Å². The molecule has 2 rings (SSSR count). The Hall–Kier alpha value is -1.92. The molecule has 0 heterocycles. The van der Waals surface area contributed by atoms with E-state index in [-0.39, 0.29) is 17.1 Å². The zero-order valence-corrected chi connectivity index (χ0v) is 14.2. The zero-order valence-electron chi connectivity index (χ0n) is 13.3. The molecule has 0 radical (unpaired) electrons. The minimum Gasteiger partial charge on any atom is -0.492 e. The van der Waals surface area contributed by atoms with E-state index in [1.54, 1.807) is 6.92 Å². The summed E-state index contributed by atoms with van der Waals surface area (Å²) in [6.45, 7) is 5.41. The average molecular weight is 337 g/mol. The molecule has 0 amide bonds. The van der Waals surface area contributed by atoms with Gasteiger partial charge in [0, 0.05) is 0 Å². The van der Waals surface area contributed by atoms with Crippen LogP contribution in [0.3, 0.4) is 0 Å². The third-order valence-corrected chi connectivity index (χ3v) is 4.90. The number of hydrogen-bond acceptors (Lipinski definition) is 3. The molecule has 0 aliphatic carbocycles. The molecular weight excluding hydrogens is 317 g/mol. The SMILES string of the molecule is Cc1ccc(OCC(C)NS(=O)(=O)c2ccc(F)c(C)c2)cc1. The smallest absolute Gasteiger partial charge is 0.240 e. The summed E-state index contributed by atoms with van der Waals surface area (Å²) < 4.78 is 45.9. The molecule has 0 aliphatic heterocycles. The minimum atomic E-state index is -3.71. The van der Waals surface area contributed by atoms with Crippen LogP contribution in [0.2, 0.25) is 0 Å². The fourth-order valence-electron chi connectivity index (χ4n) is 2.01. The Kier molecular flexibility index (Phi) is 5.38. The highest BCUT2D eigenvalue weighted by Crippen LogP contribution is 2.15. The molecule has 23 heavy (non-hydrogen) atoms. The second-order valence-corrected chi connectivity index (χ2v) is 7.27. The largest absolute Gasteiger partial charge is 0.492 e. The van der Waals surface area contributed by atoms with Gasteiger partial charge in [0.25, 0.3) is 0 Å². The molecule has 1 unspecified atom stereocenters. The van der Waals surface area contributed by atoms with Crippen molar-refractivity contribution in [1.29, 1.82) is 0 Å². The number of hydrogen-bond donors (Lipinski definition) is 1. The van der Waals surface area contributed by atoms with E-state index < -0.39 is 21.9 Å². The van der Waals surface area contributed by atoms with Crippen LogP contribution in [-0.4, -0.2) is 21.1 Å². The Bertz CT molecular complexity index is 773. The molecule has 0 bridgehead atoms. The van der Waals surface area contributed by atoms with Crippen molar-refractivity contribution in [1.82, 2.24) is 4.72 Å². The lowest BCUT2D eigenvalue weighted by Crippen LogP contribution is -2.36. The van der Waals surface area contributed by atoms with Crippen LogP contribution in [0.25, 0.3) is 0 Å². The maximum Gasteiger partial charge on any atom is 0.240 e. The third-order valence-electron chi connectivity index (χ3n) is 3.32. The quantitative estimate of drug-likeness (QED) is 0.881. The van der Waals surface area contributed by atoms with Crippen molar-refractivity contribution in [3.63, 3.8) is 0 Å². The fraction of sp³-hybridized carbons (Fsp3) is 0.294. The highest BCUT2D eigenvalue weighted by molar-refractivity contribution is 7.89. The molecule has 2 aromatic carbocycles. The second-order valence-electron chi connectivity index (χ2n) is 5.56. The predicted octanol–water partition coefficient (Wildman–Crippen LogP) is 3.19. The lowest BCUT2D eigenvalue weighted by molar-refractivity contribution is 0.287. The van der Waals surface area contributed by atoms with Gasteiger partial charge >= 0.3 is 0 Å². The van der Waals surface area contributed by atoms with E-state index in [4.69, 9.17) is 4.74 Å². The van der Waals surface area contributed by atoms with Gasteiger partial charge in [-0.25, -0.2) is 17.5 Å². The Labute approximate surface area is 136 Å². The highest BCUT2D eigenvalue weighted by atomic mass is 32.2. The summed E-state index contributed by atoms with van der Waals surface area (Å²) in [4.78, 5) is 0.0404. The minimum absolute atomic E-state index is 0.0404. The first kappa shape index (κ1) is 17.4. The van der Waals surface area contributed by atoms with E-state index in [0.29, 0.717) is 5.75 Å². The van der Waals surface area contributed by atoms with E-state index in [0.717, 1.165) is 11.6 Å². The lowest BCUT2D eigenvalue weighted by atomic mass is 10.2. The fourth-order valence-corrected chi connectivity index (χ4v) is 3.32. The van der Waals surface area contributed by atoms with Gasteiger partial charge < -0.3 is 4.74 Å². The van der Waals surface area contributed by atoms with Gasteiger partial charge in [0.1, 0.15) is 18.2 Å². The first-order chi connectivity index (χ1) is 10.8. The Morgan fingerprint density at radius 2 is 1.78 bits per heavy atom. The molecule has 0 saturated heterocycles. The van der Waals surface area contributed by atoms with Crippen LogP contribution in [-0.2, 0) is 10.0 Å². The molecule has 1 atom stereocenters. The van der Waals surface area contributed by atoms with E-state index in [1.165, 1.54) is 19.1 Å². The number of sulfonamides is 1. The van der Waals surface area contributed by atoms with Gasteiger partial charge in [-0.1, -0.05) is 17.7 Å². The van der Waals surface area contributed by atoms with Crippen LogP contribution < -0.4 is 9.46 Å². The molecule has 0 aromatic heterocycles. The molecule has 124 valence electrons. The number of aryl methyl sites for hydroxylation is 2. The second kappa shape index (κ2) is 7.10. The average Bonchev–Trinajstić information content (AvgIpc) is 2.49. The summed E-state index contributed by atoms with van der Waals surface area (Å²) in [5.74, 6) is 0.249. The van der Waals surface area contributed by atoms with E-state index in [2.05, 4.69) is 4.72 Å². The van der Waals surface area contributed by atoms with Crippen molar-refractivity contribution in [2.24, 2.45) is 0 Å². The number of benzene rings is 2. The van der Waals surface area contributed by atoms with Crippen LogP contribution in [0, 0.1) is 19.7 Å². The van der Waals surface area contributed by atoms with Gasteiger partial charge in [0.15, 0.2) is 0 Å². The number of ether oxygens (including phenoxy) is 1. The molecule has 0 fully saturated rings. The maximum atomic E-state index is 13.3. The Balaban J connectivity index is 1.99. The normalized spacial score (nSPS) is 12.9. The van der Waals surface area contributed by atoms with Gasteiger partial charge in [0.05, 0.1) is 10.9 Å². The first-order valence-electron chi connectivity index (χ1n) is 7.26. The van der Waals surface area contributed by atoms with Gasteiger partial charge in [-0.3, -0.25) is 0 Å². The van der Waals surface area contributed by atoms with Gasteiger partial charge in [0.2, 0.25) is 10.0 Å². The summed E-state index contributed by atoms with van der Waals surface area (Å²) in [5.41, 5.74) is 1.41. The number of halogens is 1. The van der Waals surface area contributed by atoms with Gasteiger partial charge in [-0.05, 0) is 56.7 Å². The molecular formula is C17H20FNO3S. The van der Waals surface area contributed by atoms with E-state index in [9.17, 15) is 12.8 Å². The molecule has 0 spiro atoms. The summed E-state index contributed by atoms with van der Waals surface area (Å²) in [6, 6.07) is 10.8. The van der Waals surface area contributed by atoms with Crippen LogP contribution in [0.1, 0.15) is 18.1 Å². The van der Waals surface area contributed by atoms with Crippen molar-refractivity contribution in [3.05, 3.63) is 59.4 Å². The molecule has 2 aromatic rings. The van der Waals surface area contributed by atoms with Gasteiger partial charge in [-0.2, -0.15) is 0 Å². The van der Waals surface area contributed by atoms with E-state index in [1.807, 2.05) is 31.2 Å². The third kappa shape index (κ3) is 4.77. The van der Waals surface area contributed by atoms with Crippen LogP contribution in [0.5, 0.6) is 5.75 Å². The summed E-state index contributed by atoms with van der Waals surface area (Å²) in [6.07, 6.45) is 0. The van der Waals surface area contributed by atoms with Crippen LogP contribution in [0.15, 0.2) is 47.4 Å². The summed E-state index contributed by atoms with van der Waals surface area (Å²) >= 11 is 0. The molecule has 0 saturated carbocycles. The van der Waals surface area contributed by atoms with Gasteiger partial charge in [-0.15, -0.1) is 0 Å². The number of rotatable bonds is 6. The van der Waals surface area contributed by atoms with Crippen LogP contribution in [0.4, 0.5) is 4.39 Å². The highest BCUT2D eigenvalue weighted by Gasteiger charge is 2.18. The first-order valence-corrected chi connectivity index (χ1v) is 8.74. The van der Waals surface area contributed by atoms with Crippen LogP contribution >= 0.6 is 0 Å². The lowest BCUT2D eigenvalue weighted by Gasteiger charge is -2.15. The van der Waals surface area contributed by atoms with E-state index >= 15 is 0 Å². The number of nitrogens with one attached hydrogen (secondary N) is 1. The molecule has 1 N–H and O–H groups in total. The summed E-state index contributed by atoms with van der Waals surface area (Å²) in [5, 5.41) is 0.